The summed E-state index contributed by atoms with van der Waals surface area (Å²) >= 11 is 0. The van der Waals surface area contributed by atoms with Crippen LogP contribution in [0.4, 0.5) is 23.2 Å². The molecule has 0 radical (unpaired) electrons. The molecule has 2 rings (SSSR count). The fourth-order valence-corrected chi connectivity index (χ4v) is 2.22. The Labute approximate surface area is 147 Å². The summed E-state index contributed by atoms with van der Waals surface area (Å²) in [6, 6.07) is 11.7. The zero-order chi connectivity index (χ0) is 19.2. The van der Waals surface area contributed by atoms with Gasteiger partial charge in [-0.15, -0.1) is 0 Å². The first-order valence-electron chi connectivity index (χ1n) is 7.73. The van der Waals surface area contributed by atoms with Gasteiger partial charge in [-0.2, -0.15) is 13.2 Å². The van der Waals surface area contributed by atoms with Gasteiger partial charge in [0.1, 0.15) is 5.82 Å². The lowest BCUT2D eigenvalue weighted by Crippen LogP contribution is -2.31. The maximum Gasteiger partial charge on any atom is 0.471 e. The third-order valence-electron chi connectivity index (χ3n) is 3.53. The van der Waals surface area contributed by atoms with E-state index in [0.29, 0.717) is 17.5 Å². The van der Waals surface area contributed by atoms with Gasteiger partial charge < -0.3 is 10.6 Å². The molecule has 2 aromatic carbocycles. The lowest BCUT2D eigenvalue weighted by molar-refractivity contribution is -0.167. The van der Waals surface area contributed by atoms with E-state index in [4.69, 9.17) is 0 Å². The summed E-state index contributed by atoms with van der Waals surface area (Å²) in [6.07, 6.45) is -4.57. The molecule has 0 heterocycles. The van der Waals surface area contributed by atoms with Crippen LogP contribution >= 0.6 is 0 Å². The normalized spacial score (nSPS) is 11.1. The Morgan fingerprint density at radius 2 is 1.73 bits per heavy atom. The molecular weight excluding hydrogens is 352 g/mol. The predicted octanol–water partition coefficient (Wildman–Crippen LogP) is 3.58. The van der Waals surface area contributed by atoms with E-state index in [9.17, 15) is 27.2 Å². The van der Waals surface area contributed by atoms with E-state index >= 15 is 0 Å². The molecule has 2 aromatic rings. The highest BCUT2D eigenvalue weighted by atomic mass is 19.4. The number of alkyl halides is 3. The van der Waals surface area contributed by atoms with Gasteiger partial charge in [-0.1, -0.05) is 30.3 Å². The molecule has 0 saturated heterocycles. The third-order valence-corrected chi connectivity index (χ3v) is 3.53. The van der Waals surface area contributed by atoms with E-state index in [2.05, 4.69) is 5.32 Å². The summed E-state index contributed by atoms with van der Waals surface area (Å²) in [4.78, 5) is 23.0. The van der Waals surface area contributed by atoms with Gasteiger partial charge in [0.2, 0.25) is 5.91 Å². The molecule has 0 aliphatic carbocycles. The van der Waals surface area contributed by atoms with E-state index < -0.39 is 17.9 Å². The molecule has 0 unspecified atom stereocenters. The summed E-state index contributed by atoms with van der Waals surface area (Å²) in [6.45, 7) is -0.0453. The minimum absolute atomic E-state index is 0.0275. The van der Waals surface area contributed by atoms with Crippen LogP contribution in [0.15, 0.2) is 48.5 Å². The number of aryl methyl sites for hydroxylation is 1. The quantitative estimate of drug-likeness (QED) is 0.766. The van der Waals surface area contributed by atoms with Gasteiger partial charge in [-0.3, -0.25) is 9.59 Å². The Bertz CT molecular complexity index is 791. The Morgan fingerprint density at radius 3 is 2.42 bits per heavy atom. The van der Waals surface area contributed by atoms with Gasteiger partial charge in [-0.25, -0.2) is 4.39 Å². The molecule has 138 valence electrons. The van der Waals surface area contributed by atoms with Crippen LogP contribution in [0.1, 0.15) is 17.5 Å². The number of carbonyl (C=O) groups is 2. The van der Waals surface area contributed by atoms with Crippen LogP contribution in [0.5, 0.6) is 0 Å². The summed E-state index contributed by atoms with van der Waals surface area (Å²) in [7, 11) is 0. The average Bonchev–Trinajstić information content (AvgIpc) is 2.58. The van der Waals surface area contributed by atoms with E-state index in [1.54, 1.807) is 23.5 Å². The van der Waals surface area contributed by atoms with Gasteiger partial charge in [0.15, 0.2) is 0 Å². The number of anilines is 1. The fraction of sp³-hybridized carbons (Fsp3) is 0.222. The van der Waals surface area contributed by atoms with Crippen LogP contribution in [-0.2, 0) is 22.6 Å². The molecule has 0 aliphatic rings. The molecule has 8 heteroatoms. The van der Waals surface area contributed by atoms with Crippen molar-refractivity contribution in [2.75, 3.05) is 5.32 Å². The van der Waals surface area contributed by atoms with Gasteiger partial charge in [0.25, 0.3) is 0 Å². The van der Waals surface area contributed by atoms with E-state index in [1.807, 2.05) is 0 Å². The zero-order valence-corrected chi connectivity index (χ0v) is 13.6. The molecule has 0 fully saturated rings. The van der Waals surface area contributed by atoms with Crippen molar-refractivity contribution < 1.29 is 27.2 Å². The smallest absolute Gasteiger partial charge is 0.352 e. The first-order chi connectivity index (χ1) is 12.3. The molecule has 0 saturated carbocycles. The maximum absolute atomic E-state index is 13.1. The number of benzene rings is 2. The summed E-state index contributed by atoms with van der Waals surface area (Å²) < 4.78 is 50.2. The van der Waals surface area contributed by atoms with Crippen molar-refractivity contribution in [2.45, 2.75) is 25.6 Å². The number of halogens is 4. The van der Waals surface area contributed by atoms with Crippen molar-refractivity contribution in [1.29, 1.82) is 0 Å². The van der Waals surface area contributed by atoms with Crippen molar-refractivity contribution in [3.63, 3.8) is 0 Å². The second-order valence-corrected chi connectivity index (χ2v) is 5.52. The van der Waals surface area contributed by atoms with Crippen LogP contribution in [0.25, 0.3) is 0 Å². The van der Waals surface area contributed by atoms with Crippen LogP contribution in [0, 0.1) is 5.82 Å². The highest BCUT2D eigenvalue weighted by Gasteiger charge is 2.38. The fourth-order valence-electron chi connectivity index (χ4n) is 2.22. The van der Waals surface area contributed by atoms with Crippen LogP contribution in [0.3, 0.4) is 0 Å². The minimum Gasteiger partial charge on any atom is -0.352 e. The van der Waals surface area contributed by atoms with E-state index in [-0.39, 0.29) is 24.6 Å². The predicted molar refractivity (Wildman–Crippen MR) is 87.7 cm³/mol. The molecule has 0 atom stereocenters. The van der Waals surface area contributed by atoms with Gasteiger partial charge >= 0.3 is 12.1 Å². The van der Waals surface area contributed by atoms with Gasteiger partial charge in [0, 0.05) is 18.7 Å². The Kier molecular flexibility index (Phi) is 6.32. The van der Waals surface area contributed by atoms with Crippen LogP contribution in [0.2, 0.25) is 0 Å². The first-order valence-corrected chi connectivity index (χ1v) is 7.73. The maximum atomic E-state index is 13.1. The number of rotatable bonds is 6. The van der Waals surface area contributed by atoms with E-state index in [1.165, 1.54) is 30.3 Å². The Hall–Kier alpha value is -2.90. The largest absolute Gasteiger partial charge is 0.471 e. The standard InChI is InChI=1S/C18H16F4N2O2/c19-14-6-3-4-12(10-14)8-9-16(25)23-11-13-5-1-2-7-15(13)24-17(26)18(20,21)22/h1-7,10H,8-9,11H2,(H,23,25)(H,24,26). The number of hydrogen-bond donors (Lipinski definition) is 2. The Morgan fingerprint density at radius 1 is 1.00 bits per heavy atom. The third kappa shape index (κ3) is 5.87. The molecule has 0 aliphatic heterocycles. The number of carbonyl (C=O) groups excluding carboxylic acids is 2. The topological polar surface area (TPSA) is 58.2 Å². The monoisotopic (exact) mass is 368 g/mol. The highest BCUT2D eigenvalue weighted by Crippen LogP contribution is 2.21. The molecule has 26 heavy (non-hydrogen) atoms. The Balaban J connectivity index is 1.90. The van der Waals surface area contributed by atoms with E-state index in [0.717, 1.165) is 0 Å². The molecular formula is C18H16F4N2O2. The molecule has 0 spiro atoms. The van der Waals surface area contributed by atoms with Gasteiger partial charge in [0.05, 0.1) is 0 Å². The van der Waals surface area contributed by atoms with Crippen LogP contribution < -0.4 is 10.6 Å². The number of para-hydroxylation sites is 1. The highest BCUT2D eigenvalue weighted by molar-refractivity contribution is 5.95. The van der Waals surface area contributed by atoms with Crippen LogP contribution in [-0.4, -0.2) is 18.0 Å². The van der Waals surface area contributed by atoms with Crippen molar-refractivity contribution in [2.24, 2.45) is 0 Å². The number of amides is 2. The number of nitrogens with one attached hydrogen (secondary N) is 2. The van der Waals surface area contributed by atoms with Crippen molar-refractivity contribution >= 4 is 17.5 Å². The van der Waals surface area contributed by atoms with Crippen molar-refractivity contribution in [1.82, 2.24) is 5.32 Å². The SMILES string of the molecule is O=C(CCc1cccc(F)c1)NCc1ccccc1NC(=O)C(F)(F)F. The lowest BCUT2D eigenvalue weighted by Gasteiger charge is -2.13. The first kappa shape index (κ1) is 19.4. The van der Waals surface area contributed by atoms with Gasteiger partial charge in [-0.05, 0) is 35.7 Å². The molecule has 0 aromatic heterocycles. The summed E-state index contributed by atoms with van der Waals surface area (Å²) in [5.41, 5.74) is 0.974. The lowest BCUT2D eigenvalue weighted by atomic mass is 10.1. The van der Waals surface area contributed by atoms with Crippen molar-refractivity contribution in [3.05, 3.63) is 65.5 Å². The second kappa shape index (κ2) is 8.46. The minimum atomic E-state index is -5.00. The zero-order valence-electron chi connectivity index (χ0n) is 13.6. The number of hydrogen-bond acceptors (Lipinski definition) is 2. The molecule has 4 nitrogen and oxygen atoms in total. The van der Waals surface area contributed by atoms with Crippen molar-refractivity contribution in [3.8, 4) is 0 Å². The molecule has 2 N–H and O–H groups in total. The summed E-state index contributed by atoms with van der Waals surface area (Å²) in [5, 5.41) is 4.35. The average molecular weight is 368 g/mol. The molecule has 0 bridgehead atoms. The molecule has 2 amide bonds. The summed E-state index contributed by atoms with van der Waals surface area (Å²) in [5.74, 6) is -2.81. The second-order valence-electron chi connectivity index (χ2n) is 5.52.